The third kappa shape index (κ3) is 4.92. The summed E-state index contributed by atoms with van der Waals surface area (Å²) in [5.41, 5.74) is 9.23. The summed E-state index contributed by atoms with van der Waals surface area (Å²) >= 11 is 2.05. The number of rotatable bonds is 2. The standard InChI is InChI=1S/C23H28N2OS.C2HF3O2/c1-14-3-4-18(19(9-14)15(2)26)16-10-17-13-27-8-7-25-22-5-6-24-12-21(22)20(11-16)23(17)25;3-2(4,5)1(6)7/h3-4,9-11,15,21-22,24,26H,5-8,12-13H2,1-2H3;(H,6,7)/t15?,21-,22-;/m0./s1. The van der Waals surface area contributed by atoms with E-state index in [9.17, 15) is 18.3 Å². The molecule has 2 aromatic rings. The summed E-state index contributed by atoms with van der Waals surface area (Å²) in [4.78, 5) is 11.6. The minimum atomic E-state index is -5.08. The Labute approximate surface area is 201 Å². The summed E-state index contributed by atoms with van der Waals surface area (Å²) in [6.07, 6.45) is -4.30. The fourth-order valence-corrected chi connectivity index (χ4v) is 6.14. The molecule has 0 saturated carbocycles. The molecule has 5 rings (SSSR count). The summed E-state index contributed by atoms with van der Waals surface area (Å²) in [5, 5.41) is 21.1. The second-order valence-electron chi connectivity index (χ2n) is 9.06. The molecular weight excluding hydrogens is 465 g/mol. The van der Waals surface area contributed by atoms with E-state index < -0.39 is 18.2 Å². The number of carboxylic acid groups (broad SMARTS) is 1. The molecule has 0 radical (unpaired) electrons. The molecule has 3 atom stereocenters. The van der Waals surface area contributed by atoms with Crippen molar-refractivity contribution in [3.63, 3.8) is 0 Å². The maximum absolute atomic E-state index is 10.6. The summed E-state index contributed by atoms with van der Waals surface area (Å²) in [5.74, 6) is 0.141. The van der Waals surface area contributed by atoms with E-state index in [2.05, 4.69) is 59.2 Å². The number of nitrogens with zero attached hydrogens (tertiary/aromatic N) is 1. The molecule has 3 aliphatic rings. The SMILES string of the molecule is Cc1ccc(-c2cc3c4c(c2)[C@@H]2CNCC[C@@H]2N4CCSC3)c(C(C)O)c1.O=C(O)C(F)(F)F. The third-order valence-electron chi connectivity index (χ3n) is 6.70. The quantitative estimate of drug-likeness (QED) is 0.554. The number of aliphatic hydroxyl groups excluding tert-OH is 1. The number of carboxylic acids is 1. The Balaban J connectivity index is 0.000000344. The van der Waals surface area contributed by atoms with Gasteiger partial charge in [0.25, 0.3) is 0 Å². The second kappa shape index (κ2) is 9.79. The molecule has 5 nitrogen and oxygen atoms in total. The first-order valence-corrected chi connectivity index (χ1v) is 12.5. The van der Waals surface area contributed by atoms with Gasteiger partial charge in [-0.2, -0.15) is 24.9 Å². The number of alkyl halides is 3. The summed E-state index contributed by atoms with van der Waals surface area (Å²) in [6.45, 7) is 7.36. The van der Waals surface area contributed by atoms with E-state index in [-0.39, 0.29) is 0 Å². The van der Waals surface area contributed by atoms with Crippen LogP contribution in [0.5, 0.6) is 0 Å². The fraction of sp³-hybridized carbons (Fsp3) is 0.480. The Kier molecular flexibility index (Phi) is 7.17. The van der Waals surface area contributed by atoms with Gasteiger partial charge in [0.1, 0.15) is 0 Å². The highest BCUT2D eigenvalue weighted by Crippen LogP contribution is 2.49. The van der Waals surface area contributed by atoms with E-state index in [1.165, 1.54) is 52.2 Å². The highest BCUT2D eigenvalue weighted by atomic mass is 32.2. The number of halogens is 3. The van der Waals surface area contributed by atoms with E-state index in [1.54, 1.807) is 0 Å². The molecule has 1 saturated heterocycles. The van der Waals surface area contributed by atoms with Crippen molar-refractivity contribution in [2.75, 3.05) is 30.3 Å². The molecule has 9 heteroatoms. The molecule has 0 aromatic heterocycles. The smallest absolute Gasteiger partial charge is 0.475 e. The number of aliphatic hydroxyl groups is 1. The molecule has 1 fully saturated rings. The number of hydrogen-bond donors (Lipinski definition) is 3. The average Bonchev–Trinajstić information content (AvgIpc) is 2.94. The predicted octanol–water partition coefficient (Wildman–Crippen LogP) is 4.86. The molecule has 184 valence electrons. The molecule has 3 aliphatic heterocycles. The molecule has 0 aliphatic carbocycles. The second-order valence-corrected chi connectivity index (χ2v) is 10.2. The monoisotopic (exact) mass is 494 g/mol. The lowest BCUT2D eigenvalue weighted by molar-refractivity contribution is -0.192. The number of carbonyl (C=O) groups is 1. The van der Waals surface area contributed by atoms with Crippen LogP contribution in [-0.4, -0.2) is 53.8 Å². The average molecular weight is 495 g/mol. The minimum Gasteiger partial charge on any atom is -0.475 e. The van der Waals surface area contributed by atoms with Gasteiger partial charge in [-0.05, 0) is 66.8 Å². The first kappa shape index (κ1) is 24.9. The number of thioether (sulfide) groups is 1. The van der Waals surface area contributed by atoms with Crippen LogP contribution in [0.15, 0.2) is 30.3 Å². The van der Waals surface area contributed by atoms with E-state index in [0.29, 0.717) is 12.0 Å². The van der Waals surface area contributed by atoms with Crippen molar-refractivity contribution in [2.24, 2.45) is 0 Å². The Morgan fingerprint density at radius 1 is 1.26 bits per heavy atom. The number of piperidine rings is 1. The first-order chi connectivity index (χ1) is 16.1. The Morgan fingerprint density at radius 3 is 2.68 bits per heavy atom. The number of aliphatic carboxylic acids is 1. The largest absolute Gasteiger partial charge is 0.490 e. The van der Waals surface area contributed by atoms with Crippen LogP contribution >= 0.6 is 11.8 Å². The van der Waals surface area contributed by atoms with E-state index in [4.69, 9.17) is 9.90 Å². The molecule has 34 heavy (non-hydrogen) atoms. The van der Waals surface area contributed by atoms with Gasteiger partial charge in [-0.1, -0.05) is 23.8 Å². The molecule has 2 aromatic carbocycles. The van der Waals surface area contributed by atoms with Crippen molar-refractivity contribution in [1.82, 2.24) is 5.32 Å². The van der Waals surface area contributed by atoms with Crippen LogP contribution in [0.25, 0.3) is 11.1 Å². The van der Waals surface area contributed by atoms with E-state index in [1.807, 2.05) is 6.92 Å². The van der Waals surface area contributed by atoms with Crippen molar-refractivity contribution in [2.45, 2.75) is 50.3 Å². The van der Waals surface area contributed by atoms with Crippen LogP contribution in [0.3, 0.4) is 0 Å². The van der Waals surface area contributed by atoms with Gasteiger partial charge in [0.05, 0.1) is 6.10 Å². The van der Waals surface area contributed by atoms with Gasteiger partial charge in [-0.25, -0.2) is 4.79 Å². The summed E-state index contributed by atoms with van der Waals surface area (Å²) in [6, 6.07) is 12.0. The van der Waals surface area contributed by atoms with Crippen LogP contribution in [-0.2, 0) is 10.5 Å². The first-order valence-electron chi connectivity index (χ1n) is 11.4. The van der Waals surface area contributed by atoms with Crippen molar-refractivity contribution in [3.05, 3.63) is 52.6 Å². The lowest BCUT2D eigenvalue weighted by Gasteiger charge is -2.33. The molecule has 3 N–H and O–H groups in total. The minimum absolute atomic E-state index is 0.456. The maximum atomic E-state index is 10.6. The van der Waals surface area contributed by atoms with Gasteiger partial charge < -0.3 is 20.4 Å². The Bertz CT molecular complexity index is 1070. The molecular formula is C25H29F3N2O3S. The number of benzene rings is 2. The van der Waals surface area contributed by atoms with Crippen molar-refractivity contribution in [3.8, 4) is 11.1 Å². The van der Waals surface area contributed by atoms with E-state index >= 15 is 0 Å². The van der Waals surface area contributed by atoms with Crippen molar-refractivity contribution < 1.29 is 28.2 Å². The summed E-state index contributed by atoms with van der Waals surface area (Å²) < 4.78 is 31.7. The molecule has 3 heterocycles. The van der Waals surface area contributed by atoms with Gasteiger partial charge in [0.2, 0.25) is 0 Å². The number of fused-ring (bicyclic) bond motifs is 3. The lowest BCUT2D eigenvalue weighted by Crippen LogP contribution is -2.44. The number of anilines is 1. The number of hydrogen-bond acceptors (Lipinski definition) is 5. The van der Waals surface area contributed by atoms with Crippen LogP contribution in [0.2, 0.25) is 0 Å². The topological polar surface area (TPSA) is 72.8 Å². The fourth-order valence-electron chi connectivity index (χ4n) is 5.23. The van der Waals surface area contributed by atoms with Crippen LogP contribution < -0.4 is 10.2 Å². The Morgan fingerprint density at radius 2 is 2.00 bits per heavy atom. The molecule has 0 spiro atoms. The highest BCUT2D eigenvalue weighted by Gasteiger charge is 2.42. The number of nitrogens with one attached hydrogen (secondary N) is 1. The van der Waals surface area contributed by atoms with Crippen LogP contribution in [0.1, 0.15) is 47.6 Å². The van der Waals surface area contributed by atoms with Crippen molar-refractivity contribution >= 4 is 23.4 Å². The zero-order chi connectivity index (χ0) is 24.6. The third-order valence-corrected chi connectivity index (χ3v) is 7.68. The van der Waals surface area contributed by atoms with Crippen molar-refractivity contribution in [1.29, 1.82) is 0 Å². The molecule has 0 bridgehead atoms. The number of aryl methyl sites for hydroxylation is 1. The van der Waals surface area contributed by atoms with Gasteiger partial charge in [-0.3, -0.25) is 0 Å². The summed E-state index contributed by atoms with van der Waals surface area (Å²) in [7, 11) is 0. The van der Waals surface area contributed by atoms with Gasteiger partial charge in [-0.15, -0.1) is 0 Å². The zero-order valence-corrected chi connectivity index (χ0v) is 20.0. The Hall–Kier alpha value is -2.23. The molecule has 0 amide bonds. The lowest BCUT2D eigenvalue weighted by atomic mass is 9.86. The zero-order valence-electron chi connectivity index (χ0n) is 19.2. The van der Waals surface area contributed by atoms with Crippen LogP contribution in [0.4, 0.5) is 18.9 Å². The highest BCUT2D eigenvalue weighted by molar-refractivity contribution is 7.98. The van der Waals surface area contributed by atoms with Gasteiger partial charge in [0, 0.05) is 42.2 Å². The van der Waals surface area contributed by atoms with E-state index in [0.717, 1.165) is 24.4 Å². The maximum Gasteiger partial charge on any atom is 0.490 e. The molecule has 1 unspecified atom stereocenters. The normalized spacial score (nSPS) is 22.1. The predicted molar refractivity (Wildman–Crippen MR) is 128 cm³/mol. The van der Waals surface area contributed by atoms with Gasteiger partial charge in [0.15, 0.2) is 0 Å². The van der Waals surface area contributed by atoms with Crippen LogP contribution in [0, 0.1) is 6.92 Å². The van der Waals surface area contributed by atoms with Gasteiger partial charge >= 0.3 is 12.1 Å².